The largest absolute Gasteiger partial charge is 0.147 e. The van der Waals surface area contributed by atoms with Gasteiger partial charge in [-0.25, -0.2) is 0 Å². The first kappa shape index (κ1) is 12.2. The number of hydrogen-bond acceptors (Lipinski definition) is 0. The van der Waals surface area contributed by atoms with E-state index in [4.69, 9.17) is 0 Å². The third kappa shape index (κ3) is 5.00. The van der Waals surface area contributed by atoms with Crippen LogP contribution in [-0.4, -0.2) is 0 Å². The zero-order valence-corrected chi connectivity index (χ0v) is 8.37. The summed E-state index contributed by atoms with van der Waals surface area (Å²) in [5.41, 5.74) is 0. The van der Waals surface area contributed by atoms with Crippen LogP contribution in [-0.2, 0) is 0 Å². The predicted molar refractivity (Wildman–Crippen MR) is 53.7 cm³/mol. The van der Waals surface area contributed by atoms with Gasteiger partial charge in [0, 0.05) is 3.57 Å². The quantitative estimate of drug-likeness (QED) is 0.639. The minimum Gasteiger partial charge on any atom is -0.147 e. The first-order chi connectivity index (χ1) is 3.39. The summed E-state index contributed by atoms with van der Waals surface area (Å²) in [6, 6.07) is 10.2. The Hall–Kier alpha value is 0.530. The highest BCUT2D eigenvalue weighted by Crippen LogP contribution is 1.99. The monoisotopic (exact) mass is 276 g/mol. The van der Waals surface area contributed by atoms with Crippen LogP contribution < -0.4 is 0 Å². The van der Waals surface area contributed by atoms with Gasteiger partial charge >= 0.3 is 0 Å². The smallest absolute Gasteiger partial charge is 0.0130 e. The Bertz CT molecular complexity index is 141. The Labute approximate surface area is 81.0 Å². The second kappa shape index (κ2) is 6.65. The third-order valence-electron chi connectivity index (χ3n) is 0.733. The van der Waals surface area contributed by atoms with E-state index in [-0.39, 0.29) is 24.8 Å². The van der Waals surface area contributed by atoms with Crippen molar-refractivity contribution in [3.63, 3.8) is 0 Å². The van der Waals surface area contributed by atoms with Gasteiger partial charge in [0.15, 0.2) is 0 Å². The molecule has 0 amide bonds. The molecule has 0 saturated carbocycles. The van der Waals surface area contributed by atoms with E-state index in [2.05, 4.69) is 34.7 Å². The number of halogens is 3. The van der Waals surface area contributed by atoms with Crippen molar-refractivity contribution < 1.29 is 0 Å². The summed E-state index contributed by atoms with van der Waals surface area (Å²) < 4.78 is 1.29. The fourth-order valence-electron chi connectivity index (χ4n) is 0.415. The van der Waals surface area contributed by atoms with Crippen molar-refractivity contribution >= 4 is 47.4 Å². The predicted octanol–water partition coefficient (Wildman–Crippen LogP) is 3.13. The summed E-state index contributed by atoms with van der Waals surface area (Å²) in [5, 5.41) is 0. The first-order valence-electron chi connectivity index (χ1n) is 2.10. The molecule has 0 radical (unpaired) electrons. The molecule has 1 aromatic carbocycles. The van der Waals surface area contributed by atoms with Crippen molar-refractivity contribution in [1.82, 2.24) is 0 Å². The van der Waals surface area contributed by atoms with E-state index in [1.165, 1.54) is 3.57 Å². The summed E-state index contributed by atoms with van der Waals surface area (Å²) in [4.78, 5) is 0. The van der Waals surface area contributed by atoms with Crippen molar-refractivity contribution in [3.8, 4) is 0 Å². The van der Waals surface area contributed by atoms with Crippen LogP contribution in [0.1, 0.15) is 0 Å². The number of rotatable bonds is 0. The van der Waals surface area contributed by atoms with Crippen LogP contribution in [0.25, 0.3) is 0 Å². The van der Waals surface area contributed by atoms with Gasteiger partial charge in [-0.15, -0.1) is 24.8 Å². The standard InChI is InChI=1S/C6H5I.2ClH/c7-6-4-2-1-3-5-6;;/h1-5H;2*1H. The minimum atomic E-state index is 0. The van der Waals surface area contributed by atoms with Crippen LogP contribution >= 0.6 is 47.4 Å². The second-order valence-corrected chi connectivity index (χ2v) is 2.54. The Kier molecular flexibility index (Phi) is 9.03. The average Bonchev–Trinajstić information content (AvgIpc) is 1.69. The molecule has 1 rings (SSSR count). The molecule has 9 heavy (non-hydrogen) atoms. The van der Waals surface area contributed by atoms with E-state index in [1.807, 2.05) is 18.2 Å². The van der Waals surface area contributed by atoms with Crippen LogP contribution in [0.5, 0.6) is 0 Å². The molecule has 0 heterocycles. The lowest BCUT2D eigenvalue weighted by Crippen LogP contribution is -1.61. The van der Waals surface area contributed by atoms with Crippen LogP contribution in [0, 0.1) is 3.57 Å². The van der Waals surface area contributed by atoms with E-state index in [0.29, 0.717) is 0 Å². The van der Waals surface area contributed by atoms with Crippen LogP contribution in [0.3, 0.4) is 0 Å². The molecule has 0 spiro atoms. The topological polar surface area (TPSA) is 0 Å². The SMILES string of the molecule is Cl.Cl.Ic1ccccc1. The van der Waals surface area contributed by atoms with Gasteiger partial charge in [-0.3, -0.25) is 0 Å². The molecule has 3 heteroatoms. The van der Waals surface area contributed by atoms with Gasteiger partial charge in [-0.05, 0) is 34.7 Å². The summed E-state index contributed by atoms with van der Waals surface area (Å²) in [5.74, 6) is 0. The van der Waals surface area contributed by atoms with E-state index in [0.717, 1.165) is 0 Å². The van der Waals surface area contributed by atoms with Crippen LogP contribution in [0.2, 0.25) is 0 Å². The lowest BCUT2D eigenvalue weighted by Gasteiger charge is -1.80. The molecule has 0 fully saturated rings. The maximum Gasteiger partial charge on any atom is 0.0130 e. The molecule has 0 saturated heterocycles. The lowest BCUT2D eigenvalue weighted by atomic mass is 10.4. The molecular weight excluding hydrogens is 270 g/mol. The number of benzene rings is 1. The van der Waals surface area contributed by atoms with Crippen molar-refractivity contribution in [2.24, 2.45) is 0 Å². The maximum absolute atomic E-state index is 2.28. The molecule has 1 aromatic rings. The Balaban J connectivity index is 0. The zero-order valence-electron chi connectivity index (χ0n) is 4.58. The minimum absolute atomic E-state index is 0. The van der Waals surface area contributed by atoms with Crippen LogP contribution in [0.4, 0.5) is 0 Å². The molecule has 0 atom stereocenters. The molecular formula is C6H7Cl2I. The van der Waals surface area contributed by atoms with Crippen molar-refractivity contribution in [2.45, 2.75) is 0 Å². The maximum atomic E-state index is 2.28. The van der Waals surface area contributed by atoms with Gasteiger partial charge in [-0.1, -0.05) is 18.2 Å². The summed E-state index contributed by atoms with van der Waals surface area (Å²) >= 11 is 2.28. The highest BCUT2D eigenvalue weighted by Gasteiger charge is 1.74. The van der Waals surface area contributed by atoms with E-state index in [9.17, 15) is 0 Å². The normalized spacial score (nSPS) is 6.78. The van der Waals surface area contributed by atoms with E-state index < -0.39 is 0 Å². The van der Waals surface area contributed by atoms with E-state index >= 15 is 0 Å². The van der Waals surface area contributed by atoms with Gasteiger partial charge in [0.25, 0.3) is 0 Å². The Morgan fingerprint density at radius 1 is 0.889 bits per heavy atom. The van der Waals surface area contributed by atoms with Crippen LogP contribution in [0.15, 0.2) is 30.3 Å². The van der Waals surface area contributed by atoms with E-state index in [1.54, 1.807) is 0 Å². The number of hydrogen-bond donors (Lipinski definition) is 0. The fraction of sp³-hybridized carbons (Fsp3) is 0. The summed E-state index contributed by atoms with van der Waals surface area (Å²) in [7, 11) is 0. The van der Waals surface area contributed by atoms with Gasteiger partial charge < -0.3 is 0 Å². The molecule has 0 aromatic heterocycles. The molecule has 0 nitrogen and oxygen atoms in total. The zero-order chi connectivity index (χ0) is 5.11. The lowest BCUT2D eigenvalue weighted by molar-refractivity contribution is 1.65. The van der Waals surface area contributed by atoms with Crippen molar-refractivity contribution in [1.29, 1.82) is 0 Å². The van der Waals surface area contributed by atoms with Gasteiger partial charge in [-0.2, -0.15) is 0 Å². The molecule has 0 aliphatic rings. The summed E-state index contributed by atoms with van der Waals surface area (Å²) in [6.07, 6.45) is 0. The first-order valence-corrected chi connectivity index (χ1v) is 3.18. The highest BCUT2D eigenvalue weighted by molar-refractivity contribution is 14.1. The average molecular weight is 277 g/mol. The second-order valence-electron chi connectivity index (χ2n) is 1.30. The van der Waals surface area contributed by atoms with Gasteiger partial charge in [0.1, 0.15) is 0 Å². The molecule has 0 aliphatic carbocycles. The molecule has 0 N–H and O–H groups in total. The van der Waals surface area contributed by atoms with Crippen molar-refractivity contribution in [3.05, 3.63) is 33.9 Å². The van der Waals surface area contributed by atoms with Gasteiger partial charge in [0.2, 0.25) is 0 Å². The highest BCUT2D eigenvalue weighted by atomic mass is 127. The fourth-order valence-corrected chi connectivity index (χ4v) is 0.830. The molecule has 0 unspecified atom stereocenters. The third-order valence-corrected chi connectivity index (χ3v) is 1.45. The molecule has 52 valence electrons. The Morgan fingerprint density at radius 3 is 1.56 bits per heavy atom. The molecule has 0 bridgehead atoms. The van der Waals surface area contributed by atoms with Gasteiger partial charge in [0.05, 0.1) is 0 Å². The van der Waals surface area contributed by atoms with Crippen molar-refractivity contribution in [2.75, 3.05) is 0 Å². The summed E-state index contributed by atoms with van der Waals surface area (Å²) in [6.45, 7) is 0. The Morgan fingerprint density at radius 2 is 1.33 bits per heavy atom. The molecule has 0 aliphatic heterocycles.